The molecule has 2 heterocycles. The number of rotatable bonds is 6. The molecule has 2 aromatic rings. The van der Waals surface area contributed by atoms with Gasteiger partial charge in [0.1, 0.15) is 0 Å². The Bertz CT molecular complexity index is 522. The summed E-state index contributed by atoms with van der Waals surface area (Å²) in [4.78, 5) is 1.22. The molecule has 0 spiro atoms. The van der Waals surface area contributed by atoms with E-state index in [1.165, 1.54) is 4.88 Å². The summed E-state index contributed by atoms with van der Waals surface area (Å²) in [7, 11) is 0. The van der Waals surface area contributed by atoms with Gasteiger partial charge in [-0.25, -0.2) is 0 Å². The summed E-state index contributed by atoms with van der Waals surface area (Å²) in [6.07, 6.45) is 3.92. The minimum atomic E-state index is 0.108. The van der Waals surface area contributed by atoms with Gasteiger partial charge in [0.2, 0.25) is 0 Å². The van der Waals surface area contributed by atoms with Crippen LogP contribution >= 0.6 is 27.3 Å². The summed E-state index contributed by atoms with van der Waals surface area (Å²) >= 11 is 5.17. The van der Waals surface area contributed by atoms with Crippen LogP contribution in [0.4, 0.5) is 0 Å². The smallest absolute Gasteiger partial charge is 0.0702 e. The zero-order chi connectivity index (χ0) is 13.8. The van der Waals surface area contributed by atoms with E-state index in [-0.39, 0.29) is 6.04 Å². The fraction of sp³-hybridized carbons (Fsp3) is 0.462. The standard InChI is InChI=1S/C13H19BrN4S/c1-3-9(2)18-7-6-10(17-18)8-11(16-15)12-4-5-13(14)19-12/h4-7,9,11,16H,3,8,15H2,1-2H3. The quantitative estimate of drug-likeness (QED) is 0.624. The van der Waals surface area contributed by atoms with Crippen LogP contribution in [0.5, 0.6) is 0 Å². The van der Waals surface area contributed by atoms with E-state index in [0.29, 0.717) is 6.04 Å². The molecule has 4 nitrogen and oxygen atoms in total. The van der Waals surface area contributed by atoms with Crippen LogP contribution in [0.25, 0.3) is 0 Å². The molecule has 3 N–H and O–H groups in total. The number of hydrazine groups is 1. The second-order valence-electron chi connectivity index (χ2n) is 4.61. The minimum absolute atomic E-state index is 0.108. The van der Waals surface area contributed by atoms with Gasteiger partial charge in [-0.2, -0.15) is 5.10 Å². The maximum Gasteiger partial charge on any atom is 0.0702 e. The third kappa shape index (κ3) is 3.66. The van der Waals surface area contributed by atoms with E-state index >= 15 is 0 Å². The van der Waals surface area contributed by atoms with Crippen LogP contribution in [0, 0.1) is 0 Å². The Morgan fingerprint density at radius 3 is 2.84 bits per heavy atom. The van der Waals surface area contributed by atoms with Crippen molar-refractivity contribution in [2.45, 2.75) is 38.8 Å². The first-order valence-corrected chi connectivity index (χ1v) is 8.00. The molecule has 2 aromatic heterocycles. The van der Waals surface area contributed by atoms with Gasteiger partial charge in [-0.3, -0.25) is 16.0 Å². The summed E-state index contributed by atoms with van der Waals surface area (Å²) in [5, 5.41) is 4.62. The molecule has 0 aliphatic rings. The number of nitrogens with zero attached hydrogens (tertiary/aromatic N) is 2. The monoisotopic (exact) mass is 342 g/mol. The maximum atomic E-state index is 5.66. The zero-order valence-corrected chi connectivity index (χ0v) is 13.5. The van der Waals surface area contributed by atoms with Crippen LogP contribution in [0.15, 0.2) is 28.2 Å². The van der Waals surface area contributed by atoms with Crippen molar-refractivity contribution in [2.24, 2.45) is 5.84 Å². The van der Waals surface area contributed by atoms with Crippen molar-refractivity contribution in [2.75, 3.05) is 0 Å². The van der Waals surface area contributed by atoms with Gasteiger partial charge in [0.25, 0.3) is 0 Å². The lowest BCUT2D eigenvalue weighted by Crippen LogP contribution is -2.29. The predicted octanol–water partition coefficient (Wildman–Crippen LogP) is 3.43. The molecule has 0 saturated carbocycles. The molecule has 0 bridgehead atoms. The first-order valence-electron chi connectivity index (χ1n) is 6.39. The van der Waals surface area contributed by atoms with Gasteiger partial charge in [-0.1, -0.05) is 6.92 Å². The predicted molar refractivity (Wildman–Crippen MR) is 83.0 cm³/mol. The lowest BCUT2D eigenvalue weighted by Gasteiger charge is -2.13. The van der Waals surface area contributed by atoms with E-state index in [0.717, 1.165) is 22.3 Å². The van der Waals surface area contributed by atoms with Gasteiger partial charge >= 0.3 is 0 Å². The van der Waals surface area contributed by atoms with Gasteiger partial charge in [0.15, 0.2) is 0 Å². The third-order valence-corrected chi connectivity index (χ3v) is 5.00. The Labute approximate surface area is 126 Å². The number of nitrogens with two attached hydrogens (primary N) is 1. The van der Waals surface area contributed by atoms with E-state index in [2.05, 4.69) is 52.4 Å². The van der Waals surface area contributed by atoms with Crippen molar-refractivity contribution >= 4 is 27.3 Å². The molecule has 0 aliphatic carbocycles. The fourth-order valence-electron chi connectivity index (χ4n) is 1.89. The minimum Gasteiger partial charge on any atom is -0.271 e. The number of hydrogen-bond acceptors (Lipinski definition) is 4. The molecule has 0 fully saturated rings. The van der Waals surface area contributed by atoms with Crippen molar-refractivity contribution in [1.82, 2.24) is 15.2 Å². The Morgan fingerprint density at radius 1 is 1.47 bits per heavy atom. The van der Waals surface area contributed by atoms with Crippen LogP contribution in [0.2, 0.25) is 0 Å². The average Bonchev–Trinajstić information content (AvgIpc) is 3.04. The van der Waals surface area contributed by atoms with Crippen LogP contribution in [-0.2, 0) is 6.42 Å². The number of thiophene rings is 1. The van der Waals surface area contributed by atoms with Gasteiger partial charge in [0.05, 0.1) is 15.5 Å². The topological polar surface area (TPSA) is 55.9 Å². The molecular formula is C13H19BrN4S. The fourth-order valence-corrected chi connectivity index (χ4v) is 3.37. The summed E-state index contributed by atoms with van der Waals surface area (Å²) in [5.74, 6) is 5.66. The number of hydrogen-bond donors (Lipinski definition) is 2. The molecule has 0 aromatic carbocycles. The number of halogens is 1. The molecule has 0 amide bonds. The summed E-state index contributed by atoms with van der Waals surface area (Å²) in [5.41, 5.74) is 3.94. The molecule has 19 heavy (non-hydrogen) atoms. The van der Waals surface area contributed by atoms with Crippen molar-refractivity contribution < 1.29 is 0 Å². The molecular weight excluding hydrogens is 324 g/mol. The molecule has 2 unspecified atom stereocenters. The third-order valence-electron chi connectivity index (χ3n) is 3.26. The molecule has 0 radical (unpaired) electrons. The SMILES string of the molecule is CCC(C)n1ccc(CC(NN)c2ccc(Br)s2)n1. The second-order valence-corrected chi connectivity index (χ2v) is 7.10. The van der Waals surface area contributed by atoms with E-state index in [9.17, 15) is 0 Å². The van der Waals surface area contributed by atoms with E-state index in [1.54, 1.807) is 11.3 Å². The highest BCUT2D eigenvalue weighted by Gasteiger charge is 2.15. The van der Waals surface area contributed by atoms with E-state index < -0.39 is 0 Å². The lowest BCUT2D eigenvalue weighted by atomic mass is 10.1. The normalized spacial score (nSPS) is 14.5. The van der Waals surface area contributed by atoms with Crippen molar-refractivity contribution in [3.63, 3.8) is 0 Å². The Morgan fingerprint density at radius 2 is 2.26 bits per heavy atom. The second kappa shape index (κ2) is 6.65. The van der Waals surface area contributed by atoms with Crippen molar-refractivity contribution in [3.05, 3.63) is 38.8 Å². The first kappa shape index (κ1) is 14.7. The molecule has 2 rings (SSSR count). The van der Waals surface area contributed by atoms with Gasteiger partial charge < -0.3 is 0 Å². The summed E-state index contributed by atoms with van der Waals surface area (Å²) < 4.78 is 3.14. The van der Waals surface area contributed by atoms with Gasteiger partial charge in [-0.05, 0) is 47.5 Å². The van der Waals surface area contributed by atoms with Crippen LogP contribution in [0.3, 0.4) is 0 Å². The zero-order valence-electron chi connectivity index (χ0n) is 11.1. The average molecular weight is 343 g/mol. The van der Waals surface area contributed by atoms with Gasteiger partial charge in [-0.15, -0.1) is 11.3 Å². The highest BCUT2D eigenvalue weighted by atomic mass is 79.9. The Hall–Kier alpha value is -0.690. The highest BCUT2D eigenvalue weighted by molar-refractivity contribution is 9.11. The molecule has 0 saturated heterocycles. The van der Waals surface area contributed by atoms with Crippen LogP contribution < -0.4 is 11.3 Å². The van der Waals surface area contributed by atoms with Crippen LogP contribution in [-0.4, -0.2) is 9.78 Å². The molecule has 104 valence electrons. The van der Waals surface area contributed by atoms with E-state index in [4.69, 9.17) is 5.84 Å². The largest absolute Gasteiger partial charge is 0.271 e. The number of nitrogens with one attached hydrogen (secondary N) is 1. The summed E-state index contributed by atoms with van der Waals surface area (Å²) in [6.45, 7) is 4.34. The maximum absolute atomic E-state index is 5.66. The molecule has 2 atom stereocenters. The van der Waals surface area contributed by atoms with Crippen molar-refractivity contribution in [3.8, 4) is 0 Å². The van der Waals surface area contributed by atoms with Gasteiger partial charge in [0, 0.05) is 23.5 Å². The lowest BCUT2D eigenvalue weighted by molar-refractivity contribution is 0.467. The highest BCUT2D eigenvalue weighted by Crippen LogP contribution is 2.28. The molecule has 0 aliphatic heterocycles. The van der Waals surface area contributed by atoms with Crippen molar-refractivity contribution in [1.29, 1.82) is 0 Å². The first-order chi connectivity index (χ1) is 9.13. The van der Waals surface area contributed by atoms with Crippen LogP contribution in [0.1, 0.15) is 42.9 Å². The number of aromatic nitrogens is 2. The Balaban J connectivity index is 2.08. The van der Waals surface area contributed by atoms with E-state index in [1.807, 2.05) is 16.9 Å². The summed E-state index contributed by atoms with van der Waals surface area (Å²) in [6, 6.07) is 6.75. The Kier molecular flexibility index (Phi) is 5.15. The molecule has 6 heteroatoms.